The van der Waals surface area contributed by atoms with Crippen LogP contribution in [0.2, 0.25) is 5.21 Å². The van der Waals surface area contributed by atoms with Gasteiger partial charge in [-0.25, -0.2) is 0 Å². The predicted molar refractivity (Wildman–Crippen MR) is 97.5 cm³/mol. The SMILES string of the molecule is CCCCCc1c(N)nc2ccccc2c1CCCCC[As]. The Kier molecular flexibility index (Phi) is 7.25. The van der Waals surface area contributed by atoms with Gasteiger partial charge in [0.1, 0.15) is 0 Å². The van der Waals surface area contributed by atoms with Crippen molar-refractivity contribution in [1.29, 1.82) is 0 Å². The van der Waals surface area contributed by atoms with Crippen LogP contribution in [-0.4, -0.2) is 21.8 Å². The number of nitrogens with zero attached hydrogens (tertiary/aromatic N) is 1. The van der Waals surface area contributed by atoms with Gasteiger partial charge in [0.2, 0.25) is 0 Å². The maximum atomic E-state index is 6.29. The second-order valence-corrected chi connectivity index (χ2v) is 6.90. The van der Waals surface area contributed by atoms with Gasteiger partial charge in [-0.3, -0.25) is 0 Å². The van der Waals surface area contributed by atoms with E-state index in [1.165, 1.54) is 60.2 Å². The molecule has 22 heavy (non-hydrogen) atoms. The molecule has 1 heterocycles. The van der Waals surface area contributed by atoms with Crippen LogP contribution in [0.5, 0.6) is 0 Å². The minimum absolute atomic E-state index is 0.747. The fourth-order valence-corrected chi connectivity index (χ4v) is 3.52. The Balaban J connectivity index is 2.30. The Hall–Kier alpha value is -1.01. The summed E-state index contributed by atoms with van der Waals surface area (Å²) in [6, 6.07) is 8.44. The number of anilines is 1. The van der Waals surface area contributed by atoms with Gasteiger partial charge in [-0.2, -0.15) is 0 Å². The van der Waals surface area contributed by atoms with E-state index in [2.05, 4.69) is 47.0 Å². The number of hydrogen-bond donors (Lipinski definition) is 1. The quantitative estimate of drug-likeness (QED) is 0.514. The normalized spacial score (nSPS) is 11.2. The summed E-state index contributed by atoms with van der Waals surface area (Å²) in [5, 5.41) is 2.52. The number of fused-ring (bicyclic) bond motifs is 1. The summed E-state index contributed by atoms with van der Waals surface area (Å²) in [5.41, 5.74) is 10.1. The fourth-order valence-electron chi connectivity index (χ4n) is 3.05. The molecule has 0 spiro atoms. The summed E-state index contributed by atoms with van der Waals surface area (Å²) >= 11 is 2.68. The fraction of sp³-hybridized carbons (Fsp3) is 0.526. The molecule has 2 radical (unpaired) electrons. The second kappa shape index (κ2) is 9.20. The average molecular weight is 358 g/mol. The number of hydrogen-bond acceptors (Lipinski definition) is 2. The van der Waals surface area contributed by atoms with Crippen LogP contribution in [0.4, 0.5) is 5.82 Å². The Morgan fingerprint density at radius 2 is 1.68 bits per heavy atom. The van der Waals surface area contributed by atoms with Gasteiger partial charge < -0.3 is 0 Å². The van der Waals surface area contributed by atoms with Gasteiger partial charge in [0.05, 0.1) is 0 Å². The summed E-state index contributed by atoms with van der Waals surface area (Å²) in [6.45, 7) is 2.24. The van der Waals surface area contributed by atoms with E-state index in [4.69, 9.17) is 5.73 Å². The van der Waals surface area contributed by atoms with Crippen LogP contribution in [0, 0.1) is 0 Å². The van der Waals surface area contributed by atoms with E-state index in [-0.39, 0.29) is 0 Å². The van der Waals surface area contributed by atoms with Crippen molar-refractivity contribution in [2.24, 2.45) is 0 Å². The zero-order valence-corrected chi connectivity index (χ0v) is 15.5. The van der Waals surface area contributed by atoms with Crippen molar-refractivity contribution >= 4 is 33.6 Å². The minimum atomic E-state index is 0.747. The summed E-state index contributed by atoms with van der Waals surface area (Å²) < 4.78 is 0. The molecule has 2 nitrogen and oxygen atoms in total. The van der Waals surface area contributed by atoms with E-state index in [9.17, 15) is 0 Å². The van der Waals surface area contributed by atoms with E-state index < -0.39 is 0 Å². The number of benzene rings is 1. The molecular formula is C19H27AsN2. The van der Waals surface area contributed by atoms with E-state index in [0.29, 0.717) is 0 Å². The van der Waals surface area contributed by atoms with Crippen LogP contribution in [0.15, 0.2) is 24.3 Å². The molecule has 0 aliphatic carbocycles. The van der Waals surface area contributed by atoms with Crippen molar-refractivity contribution in [2.45, 2.75) is 63.5 Å². The number of aromatic nitrogens is 1. The number of rotatable bonds is 9. The molecule has 0 amide bonds. The monoisotopic (exact) mass is 358 g/mol. The summed E-state index contributed by atoms with van der Waals surface area (Å²) in [5.74, 6) is 0.747. The van der Waals surface area contributed by atoms with Gasteiger partial charge in [0.15, 0.2) is 0 Å². The molecule has 0 saturated heterocycles. The summed E-state index contributed by atoms with van der Waals surface area (Å²) in [7, 11) is 0. The Bertz CT molecular complexity index is 595. The third-order valence-electron chi connectivity index (χ3n) is 4.26. The topological polar surface area (TPSA) is 38.9 Å². The molecule has 2 N–H and O–H groups in total. The number of nitrogens with two attached hydrogens (primary N) is 1. The van der Waals surface area contributed by atoms with Gasteiger partial charge in [-0.1, -0.05) is 0 Å². The van der Waals surface area contributed by atoms with Crippen LogP contribution in [0.3, 0.4) is 0 Å². The predicted octanol–water partition coefficient (Wildman–Crippen LogP) is 4.85. The Morgan fingerprint density at radius 1 is 0.955 bits per heavy atom. The van der Waals surface area contributed by atoms with Gasteiger partial charge in [-0.05, 0) is 0 Å². The molecule has 0 bridgehead atoms. The summed E-state index contributed by atoms with van der Waals surface area (Å²) in [4.78, 5) is 4.63. The number of unbranched alkanes of at least 4 members (excludes halogenated alkanes) is 4. The zero-order valence-electron chi connectivity index (χ0n) is 13.6. The molecule has 118 valence electrons. The summed E-state index contributed by atoms with van der Waals surface area (Å²) in [6.07, 6.45) is 9.74. The van der Waals surface area contributed by atoms with Gasteiger partial charge in [0.25, 0.3) is 0 Å². The number of nitrogen functional groups attached to an aromatic ring is 1. The number of aryl methyl sites for hydroxylation is 1. The van der Waals surface area contributed by atoms with Crippen LogP contribution in [-0.2, 0) is 12.8 Å². The molecule has 1 aromatic heterocycles. The average Bonchev–Trinajstić information content (AvgIpc) is 2.53. The van der Waals surface area contributed by atoms with Crippen LogP contribution in [0.1, 0.15) is 56.6 Å². The molecule has 0 fully saturated rings. The molecule has 0 atom stereocenters. The van der Waals surface area contributed by atoms with Crippen molar-refractivity contribution in [2.75, 3.05) is 5.73 Å². The molecule has 3 heteroatoms. The molecule has 2 aromatic rings. The van der Waals surface area contributed by atoms with Crippen molar-refractivity contribution < 1.29 is 0 Å². The first kappa shape index (κ1) is 17.3. The first-order chi connectivity index (χ1) is 10.8. The van der Waals surface area contributed by atoms with Crippen molar-refractivity contribution in [3.8, 4) is 0 Å². The van der Waals surface area contributed by atoms with Gasteiger partial charge in [0, 0.05) is 0 Å². The van der Waals surface area contributed by atoms with Crippen LogP contribution in [0.25, 0.3) is 10.9 Å². The molecule has 0 aliphatic rings. The van der Waals surface area contributed by atoms with Crippen molar-refractivity contribution in [3.63, 3.8) is 0 Å². The first-order valence-electron chi connectivity index (χ1n) is 8.54. The molecule has 2 rings (SSSR count). The van der Waals surface area contributed by atoms with Crippen molar-refractivity contribution in [1.82, 2.24) is 4.98 Å². The Labute approximate surface area is 143 Å². The maximum absolute atomic E-state index is 6.29. The first-order valence-corrected chi connectivity index (χ1v) is 9.87. The molecular weight excluding hydrogens is 331 g/mol. The molecule has 0 aliphatic heterocycles. The van der Waals surface area contributed by atoms with E-state index in [1.54, 1.807) is 0 Å². The molecule has 0 unspecified atom stereocenters. The number of para-hydroxylation sites is 1. The molecule has 1 aromatic carbocycles. The van der Waals surface area contributed by atoms with Crippen LogP contribution >= 0.6 is 0 Å². The van der Waals surface area contributed by atoms with E-state index in [0.717, 1.165) is 24.2 Å². The Morgan fingerprint density at radius 3 is 2.45 bits per heavy atom. The van der Waals surface area contributed by atoms with Crippen molar-refractivity contribution in [3.05, 3.63) is 35.4 Å². The van der Waals surface area contributed by atoms with E-state index in [1.807, 2.05) is 6.07 Å². The third kappa shape index (κ3) is 4.49. The van der Waals surface area contributed by atoms with E-state index >= 15 is 0 Å². The standard InChI is InChI=1S/C19H27AsN2/c1-2-3-5-12-17-15(10-6-4-9-14-20)16-11-7-8-13-18(16)22-19(17)21/h7-8,11,13H,2-6,9-10,12,14H2,1H3,(H2,21,22). The van der Waals surface area contributed by atoms with Gasteiger partial charge in [-0.15, -0.1) is 0 Å². The molecule has 0 saturated carbocycles. The number of pyridine rings is 1. The second-order valence-electron chi connectivity index (χ2n) is 5.96. The van der Waals surface area contributed by atoms with Crippen LogP contribution < -0.4 is 5.73 Å². The third-order valence-corrected chi connectivity index (χ3v) is 4.92. The van der Waals surface area contributed by atoms with Gasteiger partial charge >= 0.3 is 143 Å². The zero-order chi connectivity index (χ0) is 15.8.